The highest BCUT2D eigenvalue weighted by Gasteiger charge is 2.33. The highest BCUT2D eigenvalue weighted by molar-refractivity contribution is 5.89. The fourth-order valence-corrected chi connectivity index (χ4v) is 5.51. The van der Waals surface area contributed by atoms with Crippen molar-refractivity contribution in [3.63, 3.8) is 0 Å². The summed E-state index contributed by atoms with van der Waals surface area (Å²) in [6.45, 7) is 1.59. The van der Waals surface area contributed by atoms with Gasteiger partial charge in [-0.25, -0.2) is 13.6 Å². The number of hydrogen-bond donors (Lipinski definition) is 0. The summed E-state index contributed by atoms with van der Waals surface area (Å²) in [6.07, 6.45) is 4.03. The summed E-state index contributed by atoms with van der Waals surface area (Å²) >= 11 is 0. The quantitative estimate of drug-likeness (QED) is 0.637. The highest BCUT2D eigenvalue weighted by atomic mass is 19.2. The summed E-state index contributed by atoms with van der Waals surface area (Å²) in [5, 5.41) is 0. The highest BCUT2D eigenvalue weighted by Crippen LogP contribution is 2.26. The van der Waals surface area contributed by atoms with Crippen molar-refractivity contribution in [2.24, 2.45) is 0 Å². The number of likely N-dealkylation sites (N-methyl/N-ethyl adjacent to an activating group) is 1. The lowest BCUT2D eigenvalue weighted by Gasteiger charge is -2.39. The first-order valence-corrected chi connectivity index (χ1v) is 12.6. The molecule has 0 aliphatic carbocycles. The number of benzene rings is 2. The molecule has 3 heterocycles. The summed E-state index contributed by atoms with van der Waals surface area (Å²) in [6, 6.07) is 11.7. The molecule has 0 saturated carbocycles. The number of carbonyl (C=O) groups is 3. The molecular weight excluding hydrogens is 478 g/mol. The second-order valence-corrected chi connectivity index (χ2v) is 9.92. The minimum Gasteiger partial charge on any atom is -0.341 e. The Morgan fingerprint density at radius 2 is 1.70 bits per heavy atom. The molecule has 1 fully saturated rings. The summed E-state index contributed by atoms with van der Waals surface area (Å²) in [4.78, 5) is 45.1. The number of carbonyl (C=O) groups excluding carboxylic acids is 3. The summed E-state index contributed by atoms with van der Waals surface area (Å²) in [7, 11) is 1.56. The molecule has 0 radical (unpaired) electrons. The molecule has 0 atom stereocenters. The minimum atomic E-state index is -0.976. The zero-order valence-electron chi connectivity index (χ0n) is 20.8. The predicted octanol–water partition coefficient (Wildman–Crippen LogP) is 3.29. The van der Waals surface area contributed by atoms with Crippen LogP contribution >= 0.6 is 0 Å². The molecular formula is C28H30F2N4O3. The third-order valence-corrected chi connectivity index (χ3v) is 7.56. The van der Waals surface area contributed by atoms with Gasteiger partial charge in [0, 0.05) is 51.0 Å². The molecule has 0 aromatic heterocycles. The topological polar surface area (TPSA) is 64.2 Å². The van der Waals surface area contributed by atoms with Crippen LogP contribution in [0, 0.1) is 11.6 Å². The molecule has 2 aromatic rings. The van der Waals surface area contributed by atoms with Crippen LogP contribution in [0.2, 0.25) is 0 Å². The van der Waals surface area contributed by atoms with Crippen LogP contribution in [0.3, 0.4) is 0 Å². The summed E-state index contributed by atoms with van der Waals surface area (Å²) in [5.41, 5.74) is 2.80. The minimum absolute atomic E-state index is 0.0712. The van der Waals surface area contributed by atoms with Gasteiger partial charge in [-0.1, -0.05) is 36.4 Å². The largest absolute Gasteiger partial charge is 0.341 e. The summed E-state index contributed by atoms with van der Waals surface area (Å²) in [5.74, 6) is -2.03. The van der Waals surface area contributed by atoms with Crippen molar-refractivity contribution in [1.29, 1.82) is 0 Å². The Labute approximate surface area is 214 Å². The number of fused-ring (bicyclic) bond motifs is 1. The van der Waals surface area contributed by atoms with Crippen LogP contribution in [0.15, 0.2) is 48.7 Å². The molecule has 0 unspecified atom stereocenters. The van der Waals surface area contributed by atoms with Crippen molar-refractivity contribution in [1.82, 2.24) is 19.6 Å². The number of halogens is 2. The van der Waals surface area contributed by atoms with Gasteiger partial charge in [-0.2, -0.15) is 0 Å². The van der Waals surface area contributed by atoms with Crippen molar-refractivity contribution >= 4 is 23.4 Å². The van der Waals surface area contributed by atoms with Crippen LogP contribution in [0.25, 0.3) is 5.57 Å². The normalized spacial score (nSPS) is 19.1. The van der Waals surface area contributed by atoms with Gasteiger partial charge in [0.2, 0.25) is 11.8 Å². The monoisotopic (exact) mass is 508 g/mol. The van der Waals surface area contributed by atoms with E-state index in [2.05, 4.69) is 6.07 Å². The fraction of sp³-hybridized carbons (Fsp3) is 0.393. The molecule has 3 aliphatic heterocycles. The molecule has 5 rings (SSSR count). The van der Waals surface area contributed by atoms with Crippen LogP contribution in [-0.2, 0) is 22.4 Å². The van der Waals surface area contributed by atoms with Crippen molar-refractivity contribution in [3.8, 4) is 0 Å². The number of hydrogen-bond acceptors (Lipinski definition) is 3. The molecule has 0 N–H and O–H groups in total. The first-order valence-electron chi connectivity index (χ1n) is 12.6. The Morgan fingerprint density at radius 1 is 0.973 bits per heavy atom. The van der Waals surface area contributed by atoms with E-state index < -0.39 is 11.6 Å². The van der Waals surface area contributed by atoms with Crippen molar-refractivity contribution in [3.05, 3.63) is 77.0 Å². The van der Waals surface area contributed by atoms with Crippen LogP contribution in [0.1, 0.15) is 29.5 Å². The number of nitrogens with zero attached hydrogens (tertiary/aromatic N) is 4. The Bertz CT molecular complexity index is 1260. The maximum Gasteiger partial charge on any atom is 0.324 e. The standard InChI is InChI=1S/C28H30F2N4O3/c1-31-16-21(23-7-4-8-24(29)27(23)30)17-33(28(31)37)18-26(36)32-12-10-22(11-13-32)34-14-9-19-5-2-3-6-20(19)15-25(34)35/h2-8,17,22H,9-16,18H2,1H3. The van der Waals surface area contributed by atoms with Crippen molar-refractivity contribution in [2.45, 2.75) is 31.7 Å². The molecule has 194 valence electrons. The van der Waals surface area contributed by atoms with Crippen LogP contribution in [0.5, 0.6) is 0 Å². The lowest BCUT2D eigenvalue weighted by atomic mass is 10.0. The number of urea groups is 1. The van der Waals surface area contributed by atoms with Crippen molar-refractivity contribution in [2.75, 3.05) is 39.8 Å². The second-order valence-electron chi connectivity index (χ2n) is 9.92. The van der Waals surface area contributed by atoms with E-state index >= 15 is 0 Å². The maximum atomic E-state index is 14.4. The fourth-order valence-electron chi connectivity index (χ4n) is 5.51. The molecule has 2 aromatic carbocycles. The Morgan fingerprint density at radius 3 is 2.46 bits per heavy atom. The van der Waals surface area contributed by atoms with E-state index in [1.807, 2.05) is 23.1 Å². The number of piperidine rings is 1. The summed E-state index contributed by atoms with van der Waals surface area (Å²) < 4.78 is 28.1. The SMILES string of the molecule is CN1CC(c2cccc(F)c2F)=CN(CC(=O)N2CCC(N3CCc4ccccc4CC3=O)CC2)C1=O. The maximum absolute atomic E-state index is 14.4. The number of rotatable bonds is 4. The molecule has 4 amide bonds. The molecule has 0 spiro atoms. The van der Waals surface area contributed by atoms with Gasteiger partial charge in [0.05, 0.1) is 6.42 Å². The third kappa shape index (κ3) is 5.08. The van der Waals surface area contributed by atoms with E-state index in [1.165, 1.54) is 33.7 Å². The molecule has 37 heavy (non-hydrogen) atoms. The third-order valence-electron chi connectivity index (χ3n) is 7.56. The van der Waals surface area contributed by atoms with Gasteiger partial charge in [0.1, 0.15) is 6.54 Å². The van der Waals surface area contributed by atoms with Gasteiger partial charge in [0.15, 0.2) is 11.6 Å². The Kier molecular flexibility index (Phi) is 6.95. The zero-order chi connectivity index (χ0) is 26.1. The van der Waals surface area contributed by atoms with E-state index in [9.17, 15) is 23.2 Å². The number of likely N-dealkylation sites (tertiary alicyclic amines) is 1. The molecule has 1 saturated heterocycles. The van der Waals surface area contributed by atoms with Crippen molar-refractivity contribution < 1.29 is 23.2 Å². The van der Waals surface area contributed by atoms with Crippen LogP contribution < -0.4 is 0 Å². The molecule has 9 heteroatoms. The average Bonchev–Trinajstić information content (AvgIpc) is 3.06. The molecule has 3 aliphatic rings. The lowest BCUT2D eigenvalue weighted by Crippen LogP contribution is -2.52. The van der Waals surface area contributed by atoms with E-state index in [4.69, 9.17) is 0 Å². The Hall–Kier alpha value is -3.75. The van der Waals surface area contributed by atoms with E-state index in [0.717, 1.165) is 18.1 Å². The van der Waals surface area contributed by atoms with Crippen LogP contribution in [-0.4, -0.2) is 83.3 Å². The van der Waals surface area contributed by atoms with E-state index in [1.54, 1.807) is 11.9 Å². The first-order chi connectivity index (χ1) is 17.8. The smallest absolute Gasteiger partial charge is 0.324 e. The van der Waals surface area contributed by atoms with Crippen LogP contribution in [0.4, 0.5) is 13.6 Å². The first kappa shape index (κ1) is 24.9. The predicted molar refractivity (Wildman–Crippen MR) is 134 cm³/mol. The average molecular weight is 509 g/mol. The second kappa shape index (κ2) is 10.3. The van der Waals surface area contributed by atoms with Gasteiger partial charge in [-0.3, -0.25) is 14.5 Å². The van der Waals surface area contributed by atoms with Gasteiger partial charge in [0.25, 0.3) is 0 Å². The van der Waals surface area contributed by atoms with Gasteiger partial charge in [-0.05, 0) is 42.0 Å². The Balaban J connectivity index is 1.22. The zero-order valence-corrected chi connectivity index (χ0v) is 20.8. The lowest BCUT2D eigenvalue weighted by molar-refractivity contribution is -0.136. The van der Waals surface area contributed by atoms with E-state index in [0.29, 0.717) is 44.5 Å². The van der Waals surface area contributed by atoms with E-state index in [-0.39, 0.29) is 42.5 Å². The van der Waals surface area contributed by atoms with Gasteiger partial charge >= 0.3 is 6.03 Å². The number of amides is 4. The molecule has 7 nitrogen and oxygen atoms in total. The molecule has 0 bridgehead atoms. The van der Waals surface area contributed by atoms with Gasteiger partial charge in [-0.15, -0.1) is 0 Å². The van der Waals surface area contributed by atoms with Gasteiger partial charge < -0.3 is 14.7 Å².